The molecule has 3 aromatic carbocycles. The summed E-state index contributed by atoms with van der Waals surface area (Å²) in [5.41, 5.74) is 2.08. The van der Waals surface area contributed by atoms with Gasteiger partial charge in [0.1, 0.15) is 5.82 Å². The summed E-state index contributed by atoms with van der Waals surface area (Å²) in [5.74, 6) is -0.821. The van der Waals surface area contributed by atoms with Crippen molar-refractivity contribution in [1.29, 1.82) is 0 Å². The van der Waals surface area contributed by atoms with Gasteiger partial charge in [-0.15, -0.1) is 11.3 Å². The molecule has 0 N–H and O–H groups in total. The fourth-order valence-corrected chi connectivity index (χ4v) is 5.25. The molecule has 0 amide bonds. The van der Waals surface area contributed by atoms with Crippen LogP contribution in [0.3, 0.4) is 0 Å². The molecule has 2 aromatic heterocycles. The van der Waals surface area contributed by atoms with Crippen molar-refractivity contribution in [2.75, 3.05) is 5.75 Å². The first-order chi connectivity index (χ1) is 16.5. The zero-order valence-corrected chi connectivity index (χ0v) is 19.8. The Morgan fingerprint density at radius 2 is 1.79 bits per heavy atom. The fraction of sp³-hybridized carbons (Fsp3) is 0.0400. The molecule has 0 spiro atoms. The Labute approximate surface area is 206 Å². The van der Waals surface area contributed by atoms with Crippen molar-refractivity contribution >= 4 is 51.4 Å². The summed E-state index contributed by atoms with van der Waals surface area (Å²) in [5, 5.41) is 2.83. The maximum Gasteiger partial charge on any atom is 0.266 e. The lowest BCUT2D eigenvalue weighted by molar-refractivity contribution is 0.102. The van der Waals surface area contributed by atoms with Crippen LogP contribution in [0.15, 0.2) is 88.1 Å². The van der Waals surface area contributed by atoms with Gasteiger partial charge in [-0.2, -0.15) is 0 Å². The smallest absolute Gasteiger partial charge is 0.266 e. The van der Waals surface area contributed by atoms with Gasteiger partial charge in [0.15, 0.2) is 10.2 Å². The highest BCUT2D eigenvalue weighted by Gasteiger charge is 2.18. The van der Waals surface area contributed by atoms with Gasteiger partial charge in [-0.05, 0) is 30.3 Å². The zero-order valence-electron chi connectivity index (χ0n) is 17.4. The average molecular weight is 508 g/mol. The van der Waals surface area contributed by atoms with Gasteiger partial charge in [0.2, 0.25) is 5.78 Å². The summed E-state index contributed by atoms with van der Waals surface area (Å²) < 4.78 is 15.5. The van der Waals surface area contributed by atoms with Crippen LogP contribution in [-0.2, 0) is 0 Å². The van der Waals surface area contributed by atoms with Gasteiger partial charge in [0.05, 0.1) is 33.1 Å². The Bertz CT molecular complexity index is 1580. The number of thioether (sulfide) groups is 1. The number of para-hydroxylation sites is 1. The Kier molecular flexibility index (Phi) is 6.28. The molecule has 168 valence electrons. The molecule has 5 rings (SSSR count). The number of halogens is 2. The maximum atomic E-state index is 14.2. The van der Waals surface area contributed by atoms with E-state index in [1.165, 1.54) is 28.0 Å². The van der Waals surface area contributed by atoms with Crippen molar-refractivity contribution in [3.05, 3.63) is 104 Å². The van der Waals surface area contributed by atoms with Gasteiger partial charge in [-0.1, -0.05) is 65.8 Å². The van der Waals surface area contributed by atoms with E-state index in [4.69, 9.17) is 11.6 Å². The molecule has 2 heterocycles. The van der Waals surface area contributed by atoms with Crippen LogP contribution in [-0.4, -0.2) is 26.1 Å². The number of ketones is 1. The molecule has 0 saturated carbocycles. The number of aromatic nitrogens is 3. The lowest BCUT2D eigenvalue weighted by atomic mass is 10.2. The first kappa shape index (κ1) is 22.5. The lowest BCUT2D eigenvalue weighted by Gasteiger charge is -2.13. The molecule has 9 heteroatoms. The van der Waals surface area contributed by atoms with Crippen LogP contribution in [0.25, 0.3) is 27.8 Å². The number of nitrogens with zero attached hydrogens (tertiary/aromatic N) is 3. The van der Waals surface area contributed by atoms with Crippen molar-refractivity contribution in [2.45, 2.75) is 5.16 Å². The first-order valence-corrected chi connectivity index (χ1v) is 12.4. The molecule has 0 atom stereocenters. The molecule has 0 radical (unpaired) electrons. The van der Waals surface area contributed by atoms with E-state index in [2.05, 4.69) is 9.97 Å². The van der Waals surface area contributed by atoms with Gasteiger partial charge < -0.3 is 0 Å². The fourth-order valence-electron chi connectivity index (χ4n) is 3.40. The molecule has 0 saturated heterocycles. The minimum absolute atomic E-state index is 0.0165. The van der Waals surface area contributed by atoms with Gasteiger partial charge >= 0.3 is 0 Å². The van der Waals surface area contributed by atoms with Crippen LogP contribution >= 0.6 is 34.7 Å². The SMILES string of the molecule is O=C(CSc1nc2ccccc2c(=O)n1-c1ccc(Cl)c(F)c1)c1nc(-c2ccccc2)cs1. The number of carbonyl (C=O) groups excluding carboxylic acids is 1. The van der Waals surface area contributed by atoms with Crippen LogP contribution < -0.4 is 5.56 Å². The van der Waals surface area contributed by atoms with Crippen molar-refractivity contribution in [2.24, 2.45) is 0 Å². The number of hydrogen-bond acceptors (Lipinski definition) is 6. The number of hydrogen-bond donors (Lipinski definition) is 0. The second-order valence-corrected chi connectivity index (χ2v) is 9.47. The van der Waals surface area contributed by atoms with E-state index in [-0.39, 0.29) is 33.0 Å². The van der Waals surface area contributed by atoms with Crippen LogP contribution in [0.4, 0.5) is 4.39 Å². The normalized spacial score (nSPS) is 11.1. The third kappa shape index (κ3) is 4.40. The van der Waals surface area contributed by atoms with E-state index in [9.17, 15) is 14.0 Å². The van der Waals surface area contributed by atoms with E-state index in [1.807, 2.05) is 35.7 Å². The molecule has 0 aliphatic carbocycles. The molecular weight excluding hydrogens is 493 g/mol. The Balaban J connectivity index is 1.49. The summed E-state index contributed by atoms with van der Waals surface area (Å²) in [6, 6.07) is 20.6. The maximum absolute atomic E-state index is 14.2. The zero-order chi connectivity index (χ0) is 23.7. The molecular formula is C25H15ClFN3O2S2. The predicted octanol–water partition coefficient (Wildman–Crippen LogP) is 6.28. The van der Waals surface area contributed by atoms with E-state index in [0.717, 1.165) is 23.0 Å². The summed E-state index contributed by atoms with van der Waals surface area (Å²) >= 11 is 8.20. The summed E-state index contributed by atoms with van der Waals surface area (Å²) in [7, 11) is 0. The highest BCUT2D eigenvalue weighted by atomic mass is 35.5. The van der Waals surface area contributed by atoms with E-state index >= 15 is 0 Å². The molecule has 5 nitrogen and oxygen atoms in total. The van der Waals surface area contributed by atoms with Crippen molar-refractivity contribution in [1.82, 2.24) is 14.5 Å². The summed E-state index contributed by atoms with van der Waals surface area (Å²) in [6.07, 6.45) is 0. The van der Waals surface area contributed by atoms with Crippen molar-refractivity contribution in [3.63, 3.8) is 0 Å². The summed E-state index contributed by atoms with van der Waals surface area (Å²) in [6.45, 7) is 0. The molecule has 0 unspecified atom stereocenters. The number of benzene rings is 3. The Morgan fingerprint density at radius 3 is 2.59 bits per heavy atom. The van der Waals surface area contributed by atoms with Crippen LogP contribution in [0.1, 0.15) is 9.80 Å². The van der Waals surface area contributed by atoms with E-state index < -0.39 is 5.82 Å². The monoisotopic (exact) mass is 507 g/mol. The molecule has 34 heavy (non-hydrogen) atoms. The Morgan fingerprint density at radius 1 is 1.03 bits per heavy atom. The molecule has 0 fully saturated rings. The van der Waals surface area contributed by atoms with E-state index in [0.29, 0.717) is 15.9 Å². The number of thiazole rings is 1. The third-order valence-electron chi connectivity index (χ3n) is 5.05. The quantitative estimate of drug-likeness (QED) is 0.154. The average Bonchev–Trinajstić information content (AvgIpc) is 3.36. The number of fused-ring (bicyclic) bond motifs is 1. The van der Waals surface area contributed by atoms with Crippen LogP contribution in [0, 0.1) is 5.82 Å². The second-order valence-electron chi connectivity index (χ2n) is 7.27. The first-order valence-electron chi connectivity index (χ1n) is 10.2. The van der Waals surface area contributed by atoms with Gasteiger partial charge in [-0.3, -0.25) is 14.2 Å². The van der Waals surface area contributed by atoms with Crippen molar-refractivity contribution in [3.8, 4) is 16.9 Å². The summed E-state index contributed by atoms with van der Waals surface area (Å²) in [4.78, 5) is 35.2. The standard InChI is InChI=1S/C25H15ClFN3O2S2/c26-18-11-10-16(12-19(18)27)30-24(32)17-8-4-5-9-20(17)29-25(30)34-14-22(31)23-28-21(13-33-23)15-6-2-1-3-7-15/h1-13H,14H2. The van der Waals surface area contributed by atoms with Gasteiger partial charge in [-0.25, -0.2) is 14.4 Å². The lowest BCUT2D eigenvalue weighted by Crippen LogP contribution is -2.22. The van der Waals surface area contributed by atoms with Crippen molar-refractivity contribution < 1.29 is 9.18 Å². The molecule has 0 aliphatic heterocycles. The second kappa shape index (κ2) is 9.50. The minimum atomic E-state index is -0.650. The third-order valence-corrected chi connectivity index (χ3v) is 7.18. The molecule has 5 aromatic rings. The number of rotatable bonds is 6. The molecule has 0 aliphatic rings. The number of Topliss-reactive ketones (excluding diaryl/α,β-unsaturated/α-hetero) is 1. The van der Waals surface area contributed by atoms with E-state index in [1.54, 1.807) is 30.3 Å². The largest absolute Gasteiger partial charge is 0.291 e. The number of carbonyl (C=O) groups is 1. The van der Waals surface area contributed by atoms with Gasteiger partial charge in [0, 0.05) is 10.9 Å². The minimum Gasteiger partial charge on any atom is -0.291 e. The van der Waals surface area contributed by atoms with Gasteiger partial charge in [0.25, 0.3) is 5.56 Å². The van der Waals surface area contributed by atoms with Crippen LogP contribution in [0.5, 0.6) is 0 Å². The Hall–Kier alpha value is -3.33. The highest BCUT2D eigenvalue weighted by Crippen LogP contribution is 2.26. The topological polar surface area (TPSA) is 64.8 Å². The van der Waals surface area contributed by atoms with Crippen LogP contribution in [0.2, 0.25) is 5.02 Å². The predicted molar refractivity (Wildman–Crippen MR) is 135 cm³/mol. The molecule has 0 bridgehead atoms. The highest BCUT2D eigenvalue weighted by molar-refractivity contribution is 7.99.